The molecule has 0 bridgehead atoms. The lowest BCUT2D eigenvalue weighted by atomic mass is 10.1. The third kappa shape index (κ3) is 4.63. The van der Waals surface area contributed by atoms with Gasteiger partial charge in [0, 0.05) is 6.54 Å². The van der Waals surface area contributed by atoms with Crippen LogP contribution >= 0.6 is 0 Å². The number of nitrogens with one attached hydrogen (secondary N) is 1. The van der Waals surface area contributed by atoms with Gasteiger partial charge in [-0.2, -0.15) is 23.0 Å². The minimum atomic E-state index is -4.57. The van der Waals surface area contributed by atoms with Crippen LogP contribution < -0.4 is 16.6 Å². The molecule has 1 saturated carbocycles. The van der Waals surface area contributed by atoms with Crippen molar-refractivity contribution < 1.29 is 18.0 Å². The van der Waals surface area contributed by atoms with Crippen molar-refractivity contribution in [3.8, 4) is 5.69 Å². The fourth-order valence-electron chi connectivity index (χ4n) is 3.21. The van der Waals surface area contributed by atoms with Crippen molar-refractivity contribution in [2.75, 3.05) is 6.54 Å². The van der Waals surface area contributed by atoms with E-state index in [4.69, 9.17) is 0 Å². The second-order valence-corrected chi connectivity index (χ2v) is 7.62. The molecule has 0 saturated heterocycles. The summed E-state index contributed by atoms with van der Waals surface area (Å²) in [6.45, 7) is -0.0576. The van der Waals surface area contributed by atoms with Crippen LogP contribution in [0.2, 0.25) is 0 Å². The first-order valence-corrected chi connectivity index (χ1v) is 9.98. The molecular weight excluding hydrogens is 425 g/mol. The molecule has 0 aliphatic heterocycles. The van der Waals surface area contributed by atoms with E-state index in [2.05, 4.69) is 10.4 Å². The highest BCUT2D eigenvalue weighted by molar-refractivity contribution is 5.91. The first-order valence-electron chi connectivity index (χ1n) is 9.98. The summed E-state index contributed by atoms with van der Waals surface area (Å²) in [4.78, 5) is 38.6. The summed E-state index contributed by atoms with van der Waals surface area (Å²) in [5.74, 6) is -0.379. The standard InChI is InChI=1S/C22H19F3N4O3/c23-22(24,25)16-6-4-5-15(11-16)13-28-20(31)18(19(30)26-12-14-9-10-14)27-29(21(28)32)17-7-2-1-3-8-17/h1-8,11,14H,9-10,12-13H2,(H,26,30). The summed E-state index contributed by atoms with van der Waals surface area (Å²) in [7, 11) is 0. The molecule has 1 heterocycles. The first kappa shape index (κ1) is 21.5. The van der Waals surface area contributed by atoms with E-state index >= 15 is 0 Å². The van der Waals surface area contributed by atoms with Gasteiger partial charge >= 0.3 is 11.9 Å². The molecule has 1 aliphatic carbocycles. The number of amides is 1. The Bertz CT molecular complexity index is 1260. The third-order valence-electron chi connectivity index (χ3n) is 5.12. The Labute approximate surface area is 180 Å². The molecule has 3 aromatic rings. The van der Waals surface area contributed by atoms with Crippen LogP contribution in [0.4, 0.5) is 13.2 Å². The number of rotatable bonds is 6. The number of nitrogens with zero attached hydrogens (tertiary/aromatic N) is 3. The SMILES string of the molecule is O=C(NCC1CC1)c1nn(-c2ccccc2)c(=O)n(Cc2cccc(C(F)(F)F)c2)c1=O. The second kappa shape index (κ2) is 8.45. The van der Waals surface area contributed by atoms with Gasteiger partial charge in [0.15, 0.2) is 0 Å². The fraction of sp³-hybridized carbons (Fsp3) is 0.273. The van der Waals surface area contributed by atoms with Gasteiger partial charge in [-0.05, 0) is 48.6 Å². The predicted molar refractivity (Wildman–Crippen MR) is 110 cm³/mol. The van der Waals surface area contributed by atoms with Crippen LogP contribution in [0.25, 0.3) is 5.69 Å². The van der Waals surface area contributed by atoms with Gasteiger partial charge < -0.3 is 5.32 Å². The zero-order chi connectivity index (χ0) is 22.9. The van der Waals surface area contributed by atoms with Crippen LogP contribution in [0.3, 0.4) is 0 Å². The predicted octanol–water partition coefficient (Wildman–Crippen LogP) is 2.60. The van der Waals surface area contributed by atoms with Crippen molar-refractivity contribution in [1.82, 2.24) is 19.7 Å². The van der Waals surface area contributed by atoms with Gasteiger partial charge in [0.25, 0.3) is 11.5 Å². The van der Waals surface area contributed by atoms with Crippen LogP contribution in [0.15, 0.2) is 64.2 Å². The smallest absolute Gasteiger partial charge is 0.350 e. The fourth-order valence-corrected chi connectivity index (χ4v) is 3.21. The number of hydrogen-bond acceptors (Lipinski definition) is 4. The Balaban J connectivity index is 1.80. The molecule has 1 N–H and O–H groups in total. The average molecular weight is 444 g/mol. The number of hydrogen-bond donors (Lipinski definition) is 1. The molecule has 0 radical (unpaired) electrons. The first-order chi connectivity index (χ1) is 15.2. The Kier molecular flexibility index (Phi) is 5.68. The number of aromatic nitrogens is 3. The Morgan fingerprint density at radius 1 is 1.06 bits per heavy atom. The zero-order valence-corrected chi connectivity index (χ0v) is 16.8. The quantitative estimate of drug-likeness (QED) is 0.633. The molecule has 4 rings (SSSR count). The van der Waals surface area contributed by atoms with E-state index in [0.717, 1.165) is 34.2 Å². The summed E-state index contributed by atoms with van der Waals surface area (Å²) < 4.78 is 40.9. The number of alkyl halides is 3. The highest BCUT2D eigenvalue weighted by atomic mass is 19.4. The molecule has 0 atom stereocenters. The van der Waals surface area contributed by atoms with E-state index in [1.165, 1.54) is 12.1 Å². The molecule has 1 aliphatic rings. The summed E-state index contributed by atoms with van der Waals surface area (Å²) in [5.41, 5.74) is -2.82. The minimum Gasteiger partial charge on any atom is -0.350 e. The zero-order valence-electron chi connectivity index (χ0n) is 16.8. The van der Waals surface area contributed by atoms with Crippen molar-refractivity contribution in [2.45, 2.75) is 25.6 Å². The summed E-state index contributed by atoms with van der Waals surface area (Å²) >= 11 is 0. The number of para-hydroxylation sites is 1. The van der Waals surface area contributed by atoms with E-state index in [1.54, 1.807) is 30.3 Å². The topological polar surface area (TPSA) is 86.0 Å². The molecule has 0 spiro atoms. The number of carbonyl (C=O) groups is 1. The molecule has 10 heteroatoms. The van der Waals surface area contributed by atoms with Crippen LogP contribution in [0, 0.1) is 5.92 Å². The Hall–Kier alpha value is -3.69. The highest BCUT2D eigenvalue weighted by Crippen LogP contribution is 2.29. The maximum absolute atomic E-state index is 13.1. The number of carbonyl (C=O) groups excluding carboxylic acids is 1. The highest BCUT2D eigenvalue weighted by Gasteiger charge is 2.30. The molecule has 0 unspecified atom stereocenters. The lowest BCUT2D eigenvalue weighted by molar-refractivity contribution is -0.137. The van der Waals surface area contributed by atoms with Crippen molar-refractivity contribution in [3.63, 3.8) is 0 Å². The number of benzene rings is 2. The Morgan fingerprint density at radius 2 is 1.78 bits per heavy atom. The molecule has 1 fully saturated rings. The summed E-state index contributed by atoms with van der Waals surface area (Å²) in [6.07, 6.45) is -2.61. The molecule has 1 aromatic heterocycles. The van der Waals surface area contributed by atoms with E-state index in [-0.39, 0.29) is 5.56 Å². The van der Waals surface area contributed by atoms with Gasteiger partial charge in [-0.15, -0.1) is 0 Å². The van der Waals surface area contributed by atoms with Crippen LogP contribution in [-0.4, -0.2) is 26.8 Å². The van der Waals surface area contributed by atoms with Gasteiger partial charge in [0.2, 0.25) is 5.69 Å². The third-order valence-corrected chi connectivity index (χ3v) is 5.12. The van der Waals surface area contributed by atoms with Gasteiger partial charge in [-0.1, -0.05) is 30.3 Å². The van der Waals surface area contributed by atoms with Gasteiger partial charge in [0.1, 0.15) is 0 Å². The van der Waals surface area contributed by atoms with E-state index in [0.29, 0.717) is 18.2 Å². The van der Waals surface area contributed by atoms with Crippen LogP contribution in [-0.2, 0) is 12.7 Å². The summed E-state index contributed by atoms with van der Waals surface area (Å²) in [6, 6.07) is 12.5. The largest absolute Gasteiger partial charge is 0.416 e. The lowest BCUT2D eigenvalue weighted by Gasteiger charge is -2.13. The maximum atomic E-state index is 13.1. The van der Waals surface area contributed by atoms with Gasteiger partial charge in [0.05, 0.1) is 17.8 Å². The maximum Gasteiger partial charge on any atom is 0.416 e. The monoisotopic (exact) mass is 444 g/mol. The molecule has 32 heavy (non-hydrogen) atoms. The van der Waals surface area contributed by atoms with Gasteiger partial charge in [-0.25, -0.2) is 4.79 Å². The molecule has 1 amide bonds. The Morgan fingerprint density at radius 3 is 2.44 bits per heavy atom. The number of halogens is 3. The van der Waals surface area contributed by atoms with Crippen molar-refractivity contribution in [2.24, 2.45) is 5.92 Å². The van der Waals surface area contributed by atoms with Crippen molar-refractivity contribution in [3.05, 3.63) is 92.3 Å². The normalized spacial score (nSPS) is 13.7. The van der Waals surface area contributed by atoms with Crippen LogP contribution in [0.5, 0.6) is 0 Å². The molecule has 7 nitrogen and oxygen atoms in total. The second-order valence-electron chi connectivity index (χ2n) is 7.62. The van der Waals surface area contributed by atoms with Crippen molar-refractivity contribution in [1.29, 1.82) is 0 Å². The van der Waals surface area contributed by atoms with E-state index in [1.807, 2.05) is 0 Å². The van der Waals surface area contributed by atoms with Crippen LogP contribution in [0.1, 0.15) is 34.5 Å². The van der Waals surface area contributed by atoms with Gasteiger partial charge in [-0.3, -0.25) is 14.2 Å². The molecular formula is C22H19F3N4O3. The van der Waals surface area contributed by atoms with E-state index in [9.17, 15) is 27.6 Å². The molecule has 166 valence electrons. The van der Waals surface area contributed by atoms with E-state index < -0.39 is 41.1 Å². The van der Waals surface area contributed by atoms with Crippen molar-refractivity contribution >= 4 is 5.91 Å². The molecule has 2 aromatic carbocycles. The average Bonchev–Trinajstić information content (AvgIpc) is 3.60. The summed E-state index contributed by atoms with van der Waals surface area (Å²) in [5, 5.41) is 6.62. The minimum absolute atomic E-state index is 0.0918. The lowest BCUT2D eigenvalue weighted by Crippen LogP contribution is -2.46.